The normalized spacial score (nSPS) is 15.5. The van der Waals surface area contributed by atoms with Crippen molar-refractivity contribution >= 4 is 5.82 Å². The van der Waals surface area contributed by atoms with Crippen LogP contribution in [-0.2, 0) is 6.54 Å². The number of nitrogens with one attached hydrogen (secondary N) is 1. The van der Waals surface area contributed by atoms with Crippen molar-refractivity contribution in [2.45, 2.75) is 45.3 Å². The van der Waals surface area contributed by atoms with Crippen LogP contribution in [0.2, 0.25) is 0 Å². The zero-order valence-electron chi connectivity index (χ0n) is 10.3. The lowest BCUT2D eigenvalue weighted by molar-refractivity contribution is 0.669. The fourth-order valence-corrected chi connectivity index (χ4v) is 1.42. The molecule has 1 aliphatic carbocycles. The molecule has 1 saturated carbocycles. The molecule has 0 atom stereocenters. The summed E-state index contributed by atoms with van der Waals surface area (Å²) < 4.78 is 0. The third-order valence-electron chi connectivity index (χ3n) is 2.98. The van der Waals surface area contributed by atoms with Crippen LogP contribution in [-0.4, -0.2) is 29.1 Å². The minimum Gasteiger partial charge on any atom is -0.356 e. The van der Waals surface area contributed by atoms with E-state index in [1.165, 1.54) is 12.8 Å². The second-order valence-electron chi connectivity index (χ2n) is 4.73. The van der Waals surface area contributed by atoms with E-state index in [-0.39, 0.29) is 0 Å². The molecule has 16 heavy (non-hydrogen) atoms. The van der Waals surface area contributed by atoms with Gasteiger partial charge < -0.3 is 10.2 Å². The van der Waals surface area contributed by atoms with Crippen LogP contribution in [0.5, 0.6) is 0 Å². The lowest BCUT2D eigenvalue weighted by atomic mass is 10.3. The Bertz CT molecular complexity index is 329. The molecule has 1 N–H and O–H groups in total. The van der Waals surface area contributed by atoms with E-state index in [9.17, 15) is 0 Å². The Kier molecular flexibility index (Phi) is 3.39. The first kappa shape index (κ1) is 11.3. The average molecular weight is 220 g/mol. The molecule has 1 heterocycles. The van der Waals surface area contributed by atoms with Crippen LogP contribution < -0.4 is 10.2 Å². The van der Waals surface area contributed by atoms with Crippen molar-refractivity contribution in [2.75, 3.05) is 11.9 Å². The highest BCUT2D eigenvalue weighted by Crippen LogP contribution is 2.19. The van der Waals surface area contributed by atoms with Gasteiger partial charge in [-0.1, -0.05) is 0 Å². The van der Waals surface area contributed by atoms with Crippen molar-refractivity contribution in [3.8, 4) is 0 Å². The molecule has 0 aliphatic heterocycles. The smallest absolute Gasteiger partial charge is 0.147 e. The molecule has 0 spiro atoms. The standard InChI is InChI=1S/C12H20N4/c1-9(2)16(3)12-8-14-11(7-15-12)6-13-10-4-5-10/h7-10,13H,4-6H2,1-3H3. The molecule has 1 aliphatic rings. The first-order valence-electron chi connectivity index (χ1n) is 5.94. The largest absolute Gasteiger partial charge is 0.356 e. The van der Waals surface area contributed by atoms with Crippen LogP contribution in [0.1, 0.15) is 32.4 Å². The molecule has 1 aromatic rings. The summed E-state index contributed by atoms with van der Waals surface area (Å²) in [6.45, 7) is 5.12. The second-order valence-corrected chi connectivity index (χ2v) is 4.73. The van der Waals surface area contributed by atoms with Crippen molar-refractivity contribution in [2.24, 2.45) is 0 Å². The fourth-order valence-electron chi connectivity index (χ4n) is 1.42. The van der Waals surface area contributed by atoms with Gasteiger partial charge in [0.2, 0.25) is 0 Å². The Balaban J connectivity index is 1.92. The molecular formula is C12H20N4. The minimum absolute atomic E-state index is 0.449. The van der Waals surface area contributed by atoms with E-state index in [1.54, 1.807) is 0 Å². The first-order chi connectivity index (χ1) is 7.66. The Labute approximate surface area is 97.1 Å². The first-order valence-corrected chi connectivity index (χ1v) is 5.94. The van der Waals surface area contributed by atoms with Gasteiger partial charge in [0.15, 0.2) is 0 Å². The molecule has 88 valence electrons. The Hall–Kier alpha value is -1.16. The van der Waals surface area contributed by atoms with Gasteiger partial charge >= 0.3 is 0 Å². The van der Waals surface area contributed by atoms with Crippen LogP contribution in [0.25, 0.3) is 0 Å². The van der Waals surface area contributed by atoms with Crippen LogP contribution in [0, 0.1) is 0 Å². The number of rotatable bonds is 5. The lowest BCUT2D eigenvalue weighted by Gasteiger charge is -2.22. The van der Waals surface area contributed by atoms with Crippen molar-refractivity contribution in [3.63, 3.8) is 0 Å². The van der Waals surface area contributed by atoms with E-state index in [1.807, 2.05) is 19.4 Å². The summed E-state index contributed by atoms with van der Waals surface area (Å²) in [4.78, 5) is 11.0. The monoisotopic (exact) mass is 220 g/mol. The zero-order valence-corrected chi connectivity index (χ0v) is 10.3. The van der Waals surface area contributed by atoms with Gasteiger partial charge in [0, 0.05) is 25.7 Å². The number of anilines is 1. The highest BCUT2D eigenvalue weighted by atomic mass is 15.2. The zero-order chi connectivity index (χ0) is 11.5. The quantitative estimate of drug-likeness (QED) is 0.818. The van der Waals surface area contributed by atoms with Crippen molar-refractivity contribution in [1.29, 1.82) is 0 Å². The molecule has 0 radical (unpaired) electrons. The summed E-state index contributed by atoms with van der Waals surface area (Å²) >= 11 is 0. The lowest BCUT2D eigenvalue weighted by Crippen LogP contribution is -2.26. The van der Waals surface area contributed by atoms with Crippen LogP contribution >= 0.6 is 0 Å². The van der Waals surface area contributed by atoms with Gasteiger partial charge in [-0.3, -0.25) is 4.98 Å². The maximum atomic E-state index is 4.42. The van der Waals surface area contributed by atoms with Gasteiger partial charge in [0.1, 0.15) is 5.82 Å². The fraction of sp³-hybridized carbons (Fsp3) is 0.667. The second kappa shape index (κ2) is 4.78. The SMILES string of the molecule is CC(C)N(C)c1cnc(CNC2CC2)cn1. The van der Waals surface area contributed by atoms with E-state index < -0.39 is 0 Å². The number of hydrogen-bond acceptors (Lipinski definition) is 4. The Morgan fingerprint density at radius 2 is 2.12 bits per heavy atom. The third-order valence-corrected chi connectivity index (χ3v) is 2.98. The summed E-state index contributed by atoms with van der Waals surface area (Å²) in [7, 11) is 2.04. The highest BCUT2D eigenvalue weighted by Gasteiger charge is 2.20. The summed E-state index contributed by atoms with van der Waals surface area (Å²) in [5.74, 6) is 0.935. The van der Waals surface area contributed by atoms with Gasteiger partial charge in [-0.2, -0.15) is 0 Å². The topological polar surface area (TPSA) is 41.1 Å². The van der Waals surface area contributed by atoms with E-state index in [2.05, 4.69) is 34.0 Å². The molecule has 0 amide bonds. The van der Waals surface area contributed by atoms with E-state index in [0.717, 1.165) is 24.1 Å². The van der Waals surface area contributed by atoms with Crippen LogP contribution in [0.15, 0.2) is 12.4 Å². The van der Waals surface area contributed by atoms with E-state index in [4.69, 9.17) is 0 Å². The van der Waals surface area contributed by atoms with Crippen molar-refractivity contribution in [3.05, 3.63) is 18.1 Å². The molecule has 0 aromatic carbocycles. The van der Waals surface area contributed by atoms with Crippen molar-refractivity contribution < 1.29 is 0 Å². The Morgan fingerprint density at radius 1 is 1.38 bits per heavy atom. The number of aromatic nitrogens is 2. The average Bonchev–Trinajstić information content (AvgIpc) is 3.10. The summed E-state index contributed by atoms with van der Waals surface area (Å²) in [6.07, 6.45) is 6.33. The Morgan fingerprint density at radius 3 is 2.62 bits per heavy atom. The maximum Gasteiger partial charge on any atom is 0.147 e. The van der Waals surface area contributed by atoms with E-state index in [0.29, 0.717) is 6.04 Å². The highest BCUT2D eigenvalue weighted by molar-refractivity contribution is 5.35. The predicted molar refractivity (Wildman–Crippen MR) is 65.4 cm³/mol. The predicted octanol–water partition coefficient (Wildman–Crippen LogP) is 1.57. The maximum absolute atomic E-state index is 4.42. The van der Waals surface area contributed by atoms with Gasteiger partial charge in [0.25, 0.3) is 0 Å². The molecule has 1 aromatic heterocycles. The third kappa shape index (κ3) is 2.92. The molecule has 1 fully saturated rings. The molecule has 4 heteroatoms. The molecule has 0 unspecified atom stereocenters. The molecule has 2 rings (SSSR count). The molecular weight excluding hydrogens is 200 g/mol. The summed E-state index contributed by atoms with van der Waals surface area (Å²) in [5.41, 5.74) is 1.02. The summed E-state index contributed by atoms with van der Waals surface area (Å²) in [5, 5.41) is 3.43. The number of hydrogen-bond donors (Lipinski definition) is 1. The molecule has 4 nitrogen and oxygen atoms in total. The van der Waals surface area contributed by atoms with Crippen LogP contribution in [0.4, 0.5) is 5.82 Å². The summed E-state index contributed by atoms with van der Waals surface area (Å²) in [6, 6.07) is 1.17. The molecule has 0 bridgehead atoms. The van der Waals surface area contributed by atoms with Gasteiger partial charge in [-0.15, -0.1) is 0 Å². The van der Waals surface area contributed by atoms with Gasteiger partial charge in [0.05, 0.1) is 18.1 Å². The van der Waals surface area contributed by atoms with Crippen LogP contribution in [0.3, 0.4) is 0 Å². The van der Waals surface area contributed by atoms with Gasteiger partial charge in [-0.05, 0) is 26.7 Å². The number of nitrogens with zero attached hydrogens (tertiary/aromatic N) is 3. The van der Waals surface area contributed by atoms with E-state index >= 15 is 0 Å². The minimum atomic E-state index is 0.449. The molecule has 0 saturated heterocycles. The van der Waals surface area contributed by atoms with Gasteiger partial charge in [-0.25, -0.2) is 4.98 Å². The van der Waals surface area contributed by atoms with Crippen molar-refractivity contribution in [1.82, 2.24) is 15.3 Å².